The highest BCUT2D eigenvalue weighted by Gasteiger charge is 2.08. The summed E-state index contributed by atoms with van der Waals surface area (Å²) >= 11 is 0. The number of rotatable bonds is 6. The zero-order chi connectivity index (χ0) is 14.5. The monoisotopic (exact) mass is 275 g/mol. The molecule has 106 valence electrons. The van der Waals surface area contributed by atoms with Gasteiger partial charge in [-0.1, -0.05) is 0 Å². The molecular weight excluding hydrogens is 258 g/mol. The minimum absolute atomic E-state index is 0.0773. The van der Waals surface area contributed by atoms with Gasteiger partial charge in [0.1, 0.15) is 5.82 Å². The number of nitro groups is 1. The maximum absolute atomic E-state index is 10.7. The first kappa shape index (κ1) is 14.2. The van der Waals surface area contributed by atoms with Crippen LogP contribution in [0.2, 0.25) is 0 Å². The van der Waals surface area contributed by atoms with Crippen molar-refractivity contribution >= 4 is 22.4 Å². The largest absolute Gasteiger partial charge is 0.385 e. The molecule has 1 atom stereocenters. The molecule has 0 aliphatic rings. The van der Waals surface area contributed by atoms with Gasteiger partial charge in [0.2, 0.25) is 0 Å². The van der Waals surface area contributed by atoms with E-state index in [-0.39, 0.29) is 11.7 Å². The Kier molecular flexibility index (Phi) is 4.47. The summed E-state index contributed by atoms with van der Waals surface area (Å²) in [7, 11) is 1.67. The van der Waals surface area contributed by atoms with Crippen LogP contribution in [0, 0.1) is 10.1 Å². The zero-order valence-electron chi connectivity index (χ0n) is 11.5. The summed E-state index contributed by atoms with van der Waals surface area (Å²) in [4.78, 5) is 14.8. The fraction of sp³-hybridized carbons (Fsp3) is 0.357. The van der Waals surface area contributed by atoms with E-state index in [1.54, 1.807) is 13.2 Å². The van der Waals surface area contributed by atoms with Gasteiger partial charge in [0, 0.05) is 37.3 Å². The van der Waals surface area contributed by atoms with Gasteiger partial charge in [-0.3, -0.25) is 10.1 Å². The van der Waals surface area contributed by atoms with Crippen molar-refractivity contribution in [1.29, 1.82) is 0 Å². The standard InChI is InChI=1S/C14H17N3O3/c1-10(7-8-20-2)15-14-6-3-11-9-12(17(18)19)4-5-13(11)16-14/h3-6,9-10H,7-8H2,1-2H3,(H,15,16). The Hall–Kier alpha value is -2.21. The van der Waals surface area contributed by atoms with Crippen LogP contribution in [0.15, 0.2) is 30.3 Å². The van der Waals surface area contributed by atoms with E-state index in [2.05, 4.69) is 17.2 Å². The highest BCUT2D eigenvalue weighted by molar-refractivity contribution is 5.82. The van der Waals surface area contributed by atoms with E-state index in [0.717, 1.165) is 23.1 Å². The van der Waals surface area contributed by atoms with Crippen LogP contribution >= 0.6 is 0 Å². The van der Waals surface area contributed by atoms with E-state index in [0.29, 0.717) is 6.61 Å². The van der Waals surface area contributed by atoms with Crippen molar-refractivity contribution in [1.82, 2.24) is 4.98 Å². The lowest BCUT2D eigenvalue weighted by molar-refractivity contribution is -0.384. The average molecular weight is 275 g/mol. The smallest absolute Gasteiger partial charge is 0.270 e. The Morgan fingerprint density at radius 1 is 1.40 bits per heavy atom. The quantitative estimate of drug-likeness (QED) is 0.647. The van der Waals surface area contributed by atoms with Gasteiger partial charge in [-0.15, -0.1) is 0 Å². The number of hydrogen-bond acceptors (Lipinski definition) is 5. The minimum Gasteiger partial charge on any atom is -0.385 e. The maximum atomic E-state index is 10.7. The Morgan fingerprint density at radius 3 is 2.90 bits per heavy atom. The van der Waals surface area contributed by atoms with Gasteiger partial charge < -0.3 is 10.1 Å². The molecule has 2 rings (SSSR count). The van der Waals surface area contributed by atoms with Crippen molar-refractivity contribution in [2.24, 2.45) is 0 Å². The van der Waals surface area contributed by atoms with Crippen LogP contribution in [0.4, 0.5) is 11.5 Å². The second-order valence-electron chi connectivity index (χ2n) is 4.66. The number of nitrogens with zero attached hydrogens (tertiary/aromatic N) is 2. The normalized spacial score (nSPS) is 12.3. The van der Waals surface area contributed by atoms with Gasteiger partial charge in [0.05, 0.1) is 10.4 Å². The van der Waals surface area contributed by atoms with Gasteiger partial charge in [-0.05, 0) is 31.5 Å². The van der Waals surface area contributed by atoms with Crippen LogP contribution in [0.3, 0.4) is 0 Å². The summed E-state index contributed by atoms with van der Waals surface area (Å²) in [6.45, 7) is 2.74. The van der Waals surface area contributed by atoms with E-state index in [4.69, 9.17) is 4.74 Å². The Balaban J connectivity index is 2.17. The van der Waals surface area contributed by atoms with Gasteiger partial charge in [0.15, 0.2) is 0 Å². The van der Waals surface area contributed by atoms with Crippen molar-refractivity contribution in [3.05, 3.63) is 40.4 Å². The Labute approximate surface area is 116 Å². The van der Waals surface area contributed by atoms with E-state index < -0.39 is 4.92 Å². The molecule has 20 heavy (non-hydrogen) atoms. The molecule has 0 aliphatic carbocycles. The van der Waals surface area contributed by atoms with Crippen molar-refractivity contribution < 1.29 is 9.66 Å². The highest BCUT2D eigenvalue weighted by Crippen LogP contribution is 2.21. The number of benzene rings is 1. The maximum Gasteiger partial charge on any atom is 0.270 e. The third-order valence-corrected chi connectivity index (χ3v) is 3.03. The van der Waals surface area contributed by atoms with E-state index in [9.17, 15) is 10.1 Å². The van der Waals surface area contributed by atoms with Gasteiger partial charge in [0.25, 0.3) is 5.69 Å². The topological polar surface area (TPSA) is 77.3 Å². The molecule has 0 aliphatic heterocycles. The summed E-state index contributed by atoms with van der Waals surface area (Å²) in [5.74, 6) is 0.759. The van der Waals surface area contributed by atoms with Crippen molar-refractivity contribution in [3.8, 4) is 0 Å². The molecule has 0 bridgehead atoms. The predicted octanol–water partition coefficient (Wildman–Crippen LogP) is 2.98. The van der Waals surface area contributed by atoms with E-state index >= 15 is 0 Å². The molecule has 0 spiro atoms. The zero-order valence-corrected chi connectivity index (χ0v) is 11.5. The number of nitrogens with one attached hydrogen (secondary N) is 1. The van der Waals surface area contributed by atoms with Crippen LogP contribution < -0.4 is 5.32 Å². The number of aromatic nitrogens is 1. The molecule has 1 unspecified atom stereocenters. The summed E-state index contributed by atoms with van der Waals surface area (Å²) in [5.41, 5.74) is 0.813. The van der Waals surface area contributed by atoms with Gasteiger partial charge in [-0.25, -0.2) is 4.98 Å². The third-order valence-electron chi connectivity index (χ3n) is 3.03. The highest BCUT2D eigenvalue weighted by atomic mass is 16.6. The van der Waals surface area contributed by atoms with Crippen LogP contribution in [0.1, 0.15) is 13.3 Å². The first-order chi connectivity index (χ1) is 9.60. The number of pyridine rings is 1. The van der Waals surface area contributed by atoms with E-state index in [1.807, 2.05) is 12.1 Å². The molecule has 0 fully saturated rings. The summed E-state index contributed by atoms with van der Waals surface area (Å²) in [6, 6.07) is 8.57. The van der Waals surface area contributed by atoms with E-state index in [1.165, 1.54) is 12.1 Å². The Bertz CT molecular complexity index is 616. The predicted molar refractivity (Wildman–Crippen MR) is 78.0 cm³/mol. The van der Waals surface area contributed by atoms with Crippen molar-refractivity contribution in [2.45, 2.75) is 19.4 Å². The van der Waals surface area contributed by atoms with Gasteiger partial charge in [-0.2, -0.15) is 0 Å². The lowest BCUT2D eigenvalue weighted by atomic mass is 10.2. The number of non-ortho nitro benzene ring substituents is 1. The fourth-order valence-corrected chi connectivity index (χ4v) is 1.93. The third kappa shape index (κ3) is 3.42. The summed E-state index contributed by atoms with van der Waals surface area (Å²) in [6.07, 6.45) is 0.885. The lowest BCUT2D eigenvalue weighted by Crippen LogP contribution is -2.17. The minimum atomic E-state index is -0.404. The van der Waals surface area contributed by atoms with Crippen LogP contribution in [0.25, 0.3) is 10.9 Å². The number of hydrogen-bond donors (Lipinski definition) is 1. The number of anilines is 1. The van der Waals surface area contributed by atoms with Crippen LogP contribution in [-0.2, 0) is 4.74 Å². The SMILES string of the molecule is COCCC(C)Nc1ccc2cc([N+](=O)[O-])ccc2n1. The summed E-state index contributed by atoms with van der Waals surface area (Å²) in [5, 5.41) is 14.8. The Morgan fingerprint density at radius 2 is 2.20 bits per heavy atom. The van der Waals surface area contributed by atoms with Gasteiger partial charge >= 0.3 is 0 Å². The molecule has 2 aromatic rings. The first-order valence-corrected chi connectivity index (χ1v) is 6.41. The number of methoxy groups -OCH3 is 1. The molecule has 1 N–H and O–H groups in total. The second-order valence-corrected chi connectivity index (χ2v) is 4.66. The molecule has 0 saturated heterocycles. The van der Waals surface area contributed by atoms with Crippen molar-refractivity contribution in [3.63, 3.8) is 0 Å². The van der Waals surface area contributed by atoms with Crippen LogP contribution in [-0.4, -0.2) is 29.7 Å². The number of fused-ring (bicyclic) bond motifs is 1. The number of ether oxygens (including phenoxy) is 1. The molecule has 0 saturated carbocycles. The molecule has 1 aromatic carbocycles. The molecule has 0 radical (unpaired) electrons. The number of nitro benzene ring substituents is 1. The molecule has 6 nitrogen and oxygen atoms in total. The fourth-order valence-electron chi connectivity index (χ4n) is 1.93. The average Bonchev–Trinajstić information content (AvgIpc) is 2.44. The molecule has 6 heteroatoms. The van der Waals surface area contributed by atoms with Crippen LogP contribution in [0.5, 0.6) is 0 Å². The second kappa shape index (κ2) is 6.29. The van der Waals surface area contributed by atoms with Crippen molar-refractivity contribution in [2.75, 3.05) is 19.0 Å². The first-order valence-electron chi connectivity index (χ1n) is 6.41. The molecule has 1 heterocycles. The lowest BCUT2D eigenvalue weighted by Gasteiger charge is -2.14. The summed E-state index contributed by atoms with van der Waals surface area (Å²) < 4.78 is 5.03. The molecular formula is C14H17N3O3. The molecule has 0 amide bonds. The molecule has 1 aromatic heterocycles.